The standard InChI is InChI=1S/C9H16N2/c1-7-3-8(11)5-9(2,4-7)6-10/h7-8H,3-5,11H2,1-2H3. The van der Waals surface area contributed by atoms with E-state index in [1.165, 1.54) is 0 Å². The molecule has 1 fully saturated rings. The quantitative estimate of drug-likeness (QED) is 0.574. The summed E-state index contributed by atoms with van der Waals surface area (Å²) in [6.07, 6.45) is 2.96. The molecule has 0 saturated heterocycles. The van der Waals surface area contributed by atoms with Gasteiger partial charge in [-0.2, -0.15) is 5.26 Å². The molecule has 11 heavy (non-hydrogen) atoms. The molecule has 0 aromatic heterocycles. The predicted octanol–water partition coefficient (Wildman–Crippen LogP) is 1.66. The maximum Gasteiger partial charge on any atom is 0.0687 e. The third kappa shape index (κ3) is 1.94. The summed E-state index contributed by atoms with van der Waals surface area (Å²) in [6.45, 7) is 4.19. The van der Waals surface area contributed by atoms with Crippen LogP contribution in [0.25, 0.3) is 0 Å². The summed E-state index contributed by atoms with van der Waals surface area (Å²) in [5.74, 6) is 0.614. The number of hydrogen-bond donors (Lipinski definition) is 1. The zero-order valence-corrected chi connectivity index (χ0v) is 7.30. The normalized spacial score (nSPS) is 44.9. The molecular weight excluding hydrogens is 136 g/mol. The van der Waals surface area contributed by atoms with Crippen LogP contribution >= 0.6 is 0 Å². The molecule has 2 N–H and O–H groups in total. The lowest BCUT2D eigenvalue weighted by molar-refractivity contribution is 0.207. The summed E-state index contributed by atoms with van der Waals surface area (Å²) in [7, 11) is 0. The monoisotopic (exact) mass is 152 g/mol. The summed E-state index contributed by atoms with van der Waals surface area (Å²) >= 11 is 0. The van der Waals surface area contributed by atoms with Crippen molar-refractivity contribution in [2.45, 2.75) is 39.2 Å². The van der Waals surface area contributed by atoms with E-state index >= 15 is 0 Å². The van der Waals surface area contributed by atoms with Crippen molar-refractivity contribution in [2.24, 2.45) is 17.1 Å². The Kier molecular flexibility index (Phi) is 2.20. The summed E-state index contributed by atoms with van der Waals surface area (Å²) in [5, 5.41) is 8.88. The third-order valence-electron chi connectivity index (χ3n) is 2.49. The van der Waals surface area contributed by atoms with Crippen LogP contribution in [0.4, 0.5) is 0 Å². The van der Waals surface area contributed by atoms with Gasteiger partial charge in [0.25, 0.3) is 0 Å². The fourth-order valence-electron chi connectivity index (χ4n) is 2.21. The molecule has 2 nitrogen and oxygen atoms in total. The fraction of sp³-hybridized carbons (Fsp3) is 0.889. The van der Waals surface area contributed by atoms with Gasteiger partial charge in [-0.15, -0.1) is 0 Å². The molecule has 62 valence electrons. The Morgan fingerprint density at radius 2 is 2.18 bits per heavy atom. The first-order valence-corrected chi connectivity index (χ1v) is 4.22. The van der Waals surface area contributed by atoms with Gasteiger partial charge in [0, 0.05) is 6.04 Å². The highest BCUT2D eigenvalue weighted by atomic mass is 14.7. The van der Waals surface area contributed by atoms with E-state index in [1.807, 2.05) is 6.92 Å². The molecule has 0 bridgehead atoms. The van der Waals surface area contributed by atoms with E-state index in [0.29, 0.717) is 5.92 Å². The molecule has 0 heterocycles. The van der Waals surface area contributed by atoms with Gasteiger partial charge in [-0.25, -0.2) is 0 Å². The van der Waals surface area contributed by atoms with E-state index in [2.05, 4.69) is 13.0 Å². The highest BCUT2D eigenvalue weighted by Crippen LogP contribution is 2.37. The van der Waals surface area contributed by atoms with Crippen molar-refractivity contribution in [3.63, 3.8) is 0 Å². The summed E-state index contributed by atoms with van der Waals surface area (Å²) in [6, 6.07) is 2.60. The molecule has 0 aromatic carbocycles. The first-order chi connectivity index (χ1) is 5.06. The zero-order valence-electron chi connectivity index (χ0n) is 7.30. The zero-order chi connectivity index (χ0) is 8.48. The topological polar surface area (TPSA) is 49.8 Å². The molecule has 1 aliphatic rings. The lowest BCUT2D eigenvalue weighted by Crippen LogP contribution is -2.36. The highest BCUT2D eigenvalue weighted by molar-refractivity contribution is 5.01. The minimum atomic E-state index is -0.156. The molecule has 1 saturated carbocycles. The maximum atomic E-state index is 8.88. The van der Waals surface area contributed by atoms with Crippen LogP contribution in [-0.2, 0) is 0 Å². The van der Waals surface area contributed by atoms with Crippen LogP contribution in [0, 0.1) is 22.7 Å². The molecule has 0 radical (unpaired) electrons. The molecule has 3 unspecified atom stereocenters. The van der Waals surface area contributed by atoms with Gasteiger partial charge >= 0.3 is 0 Å². The van der Waals surface area contributed by atoms with Gasteiger partial charge in [0.05, 0.1) is 11.5 Å². The van der Waals surface area contributed by atoms with E-state index in [9.17, 15) is 0 Å². The van der Waals surface area contributed by atoms with Gasteiger partial charge in [-0.05, 0) is 32.1 Å². The molecule has 1 rings (SSSR count). The molecule has 0 aromatic rings. The van der Waals surface area contributed by atoms with Crippen LogP contribution in [0.2, 0.25) is 0 Å². The van der Waals surface area contributed by atoms with E-state index in [-0.39, 0.29) is 11.5 Å². The van der Waals surface area contributed by atoms with Gasteiger partial charge in [-0.3, -0.25) is 0 Å². The largest absolute Gasteiger partial charge is 0.328 e. The molecule has 2 heteroatoms. The Labute approximate surface area is 68.4 Å². The first kappa shape index (κ1) is 8.55. The SMILES string of the molecule is CC1CC(N)CC(C)(C#N)C1. The average Bonchev–Trinajstić information content (AvgIpc) is 1.84. The minimum absolute atomic E-state index is 0.156. The highest BCUT2D eigenvalue weighted by Gasteiger charge is 2.33. The molecule has 0 aliphatic heterocycles. The van der Waals surface area contributed by atoms with Crippen molar-refractivity contribution < 1.29 is 0 Å². The Morgan fingerprint density at radius 3 is 2.64 bits per heavy atom. The maximum absolute atomic E-state index is 8.88. The number of nitriles is 1. The second kappa shape index (κ2) is 2.83. The van der Waals surface area contributed by atoms with E-state index in [0.717, 1.165) is 19.3 Å². The first-order valence-electron chi connectivity index (χ1n) is 4.22. The van der Waals surface area contributed by atoms with Crippen molar-refractivity contribution in [3.8, 4) is 6.07 Å². The van der Waals surface area contributed by atoms with Crippen LogP contribution in [0.1, 0.15) is 33.1 Å². The van der Waals surface area contributed by atoms with Gasteiger partial charge in [-0.1, -0.05) is 6.92 Å². The van der Waals surface area contributed by atoms with E-state index in [4.69, 9.17) is 11.0 Å². The van der Waals surface area contributed by atoms with Crippen molar-refractivity contribution in [1.29, 1.82) is 5.26 Å². The minimum Gasteiger partial charge on any atom is -0.328 e. The Bertz CT molecular complexity index is 170. The number of rotatable bonds is 0. The Hall–Kier alpha value is -0.550. The van der Waals surface area contributed by atoms with Crippen molar-refractivity contribution in [1.82, 2.24) is 0 Å². The molecule has 1 aliphatic carbocycles. The second-order valence-corrected chi connectivity index (χ2v) is 4.18. The van der Waals surface area contributed by atoms with Crippen molar-refractivity contribution in [3.05, 3.63) is 0 Å². The molecule has 3 atom stereocenters. The lowest BCUT2D eigenvalue weighted by Gasteiger charge is -2.34. The average molecular weight is 152 g/mol. The van der Waals surface area contributed by atoms with Crippen LogP contribution in [0.15, 0.2) is 0 Å². The number of hydrogen-bond acceptors (Lipinski definition) is 2. The summed E-state index contributed by atoms with van der Waals surface area (Å²) in [5.41, 5.74) is 5.67. The van der Waals surface area contributed by atoms with Gasteiger partial charge in [0.2, 0.25) is 0 Å². The Balaban J connectivity index is 2.64. The smallest absolute Gasteiger partial charge is 0.0687 e. The van der Waals surface area contributed by atoms with Gasteiger partial charge in [0.15, 0.2) is 0 Å². The predicted molar refractivity (Wildman–Crippen MR) is 44.7 cm³/mol. The van der Waals surface area contributed by atoms with E-state index in [1.54, 1.807) is 0 Å². The lowest BCUT2D eigenvalue weighted by atomic mass is 9.70. The fourth-order valence-corrected chi connectivity index (χ4v) is 2.21. The van der Waals surface area contributed by atoms with Crippen molar-refractivity contribution >= 4 is 0 Å². The molecule has 0 amide bonds. The summed E-state index contributed by atoms with van der Waals surface area (Å²) in [4.78, 5) is 0. The second-order valence-electron chi connectivity index (χ2n) is 4.18. The number of nitrogens with zero attached hydrogens (tertiary/aromatic N) is 1. The van der Waals surface area contributed by atoms with Crippen molar-refractivity contribution in [2.75, 3.05) is 0 Å². The number of nitrogens with two attached hydrogens (primary N) is 1. The molecular formula is C9H16N2. The van der Waals surface area contributed by atoms with E-state index < -0.39 is 0 Å². The van der Waals surface area contributed by atoms with Crippen LogP contribution in [0.5, 0.6) is 0 Å². The van der Waals surface area contributed by atoms with Crippen LogP contribution in [-0.4, -0.2) is 6.04 Å². The van der Waals surface area contributed by atoms with Gasteiger partial charge in [0.1, 0.15) is 0 Å². The third-order valence-corrected chi connectivity index (χ3v) is 2.49. The molecule has 0 spiro atoms. The van der Waals surface area contributed by atoms with Crippen LogP contribution in [0.3, 0.4) is 0 Å². The van der Waals surface area contributed by atoms with Crippen LogP contribution < -0.4 is 5.73 Å². The van der Waals surface area contributed by atoms with Gasteiger partial charge < -0.3 is 5.73 Å². The summed E-state index contributed by atoms with van der Waals surface area (Å²) < 4.78 is 0. The Morgan fingerprint density at radius 1 is 1.55 bits per heavy atom.